The van der Waals surface area contributed by atoms with E-state index in [1.54, 1.807) is 18.2 Å². The number of hydrogen-bond acceptors (Lipinski definition) is 7. The number of rotatable bonds is 7. The van der Waals surface area contributed by atoms with Gasteiger partial charge in [-0.05, 0) is 12.1 Å². The van der Waals surface area contributed by atoms with Gasteiger partial charge in [-0.1, -0.05) is 24.3 Å². The van der Waals surface area contributed by atoms with Gasteiger partial charge in [0.2, 0.25) is 0 Å². The minimum Gasteiger partial charge on any atom is -0.493 e. The first-order valence-corrected chi connectivity index (χ1v) is 8.55. The van der Waals surface area contributed by atoms with E-state index < -0.39 is 4.92 Å². The molecule has 0 aliphatic carbocycles. The van der Waals surface area contributed by atoms with Crippen molar-refractivity contribution >= 4 is 29.2 Å². The van der Waals surface area contributed by atoms with Crippen LogP contribution in [0.15, 0.2) is 59.3 Å². The Morgan fingerprint density at radius 1 is 1.21 bits per heavy atom. The summed E-state index contributed by atoms with van der Waals surface area (Å²) in [6.45, 7) is 4.00. The van der Waals surface area contributed by atoms with E-state index in [9.17, 15) is 14.9 Å². The van der Waals surface area contributed by atoms with Crippen molar-refractivity contribution in [3.63, 3.8) is 0 Å². The Labute approximate surface area is 166 Å². The second-order valence-corrected chi connectivity index (χ2v) is 5.94. The zero-order valence-electron chi connectivity index (χ0n) is 15.9. The van der Waals surface area contributed by atoms with Crippen molar-refractivity contribution in [2.24, 2.45) is 10.2 Å². The van der Waals surface area contributed by atoms with E-state index in [0.29, 0.717) is 23.5 Å². The van der Waals surface area contributed by atoms with Gasteiger partial charge in [-0.2, -0.15) is 5.10 Å². The number of benzene rings is 2. The van der Waals surface area contributed by atoms with Crippen molar-refractivity contribution < 1.29 is 19.2 Å². The number of nitrogens with zero attached hydrogens (tertiary/aromatic N) is 4. The Kier molecular flexibility index (Phi) is 5.68. The summed E-state index contributed by atoms with van der Waals surface area (Å²) in [6.07, 6.45) is 2.83. The van der Waals surface area contributed by atoms with E-state index in [0.717, 1.165) is 0 Å². The molecule has 148 valence electrons. The lowest BCUT2D eigenvalue weighted by molar-refractivity contribution is -0.385. The van der Waals surface area contributed by atoms with Crippen molar-refractivity contribution in [3.05, 3.63) is 70.3 Å². The zero-order chi connectivity index (χ0) is 21.0. The highest BCUT2D eigenvalue weighted by Gasteiger charge is 2.33. The molecule has 1 aliphatic heterocycles. The molecule has 0 spiro atoms. The summed E-state index contributed by atoms with van der Waals surface area (Å²) in [7, 11) is 2.81. The Morgan fingerprint density at radius 2 is 1.90 bits per heavy atom. The van der Waals surface area contributed by atoms with Crippen LogP contribution in [0.1, 0.15) is 11.1 Å². The third-order valence-electron chi connectivity index (χ3n) is 4.29. The molecule has 0 saturated heterocycles. The molecule has 9 heteroatoms. The highest BCUT2D eigenvalue weighted by molar-refractivity contribution is 6.54. The maximum absolute atomic E-state index is 12.7. The van der Waals surface area contributed by atoms with Crippen molar-refractivity contribution in [2.75, 3.05) is 25.7 Å². The zero-order valence-corrected chi connectivity index (χ0v) is 15.9. The molecule has 0 fully saturated rings. The first-order chi connectivity index (χ1) is 14.0. The number of para-hydroxylation sites is 1. The lowest BCUT2D eigenvalue weighted by Gasteiger charge is -2.13. The molecule has 0 unspecified atom stereocenters. The smallest absolute Gasteiger partial charge is 0.282 e. The van der Waals surface area contributed by atoms with E-state index in [-0.39, 0.29) is 28.6 Å². The highest BCUT2D eigenvalue weighted by Crippen LogP contribution is 2.34. The largest absolute Gasteiger partial charge is 0.493 e. The summed E-state index contributed by atoms with van der Waals surface area (Å²) in [5, 5.41) is 19.3. The molecule has 0 saturated carbocycles. The van der Waals surface area contributed by atoms with Crippen LogP contribution in [-0.4, -0.2) is 43.5 Å². The van der Waals surface area contributed by atoms with Gasteiger partial charge in [0.15, 0.2) is 17.2 Å². The molecular weight excluding hydrogens is 376 g/mol. The first kappa shape index (κ1) is 19.7. The van der Waals surface area contributed by atoms with Gasteiger partial charge in [0.25, 0.3) is 11.6 Å². The van der Waals surface area contributed by atoms with Gasteiger partial charge in [-0.25, -0.2) is 0 Å². The van der Waals surface area contributed by atoms with Crippen molar-refractivity contribution in [3.8, 4) is 11.5 Å². The standard InChI is InChI=1S/C20H18N4O5/c1-4-9-23-15-8-6-5-7-14(15)19(20(23)25)22-21-12-13-10-17(28-2)18(29-3)11-16(13)24(26)27/h4-8,10-12H,1,9H2,2-3H3/b21-12-,22-19-. The molecule has 0 bridgehead atoms. The number of nitro groups is 1. The number of carbonyl (C=O) groups excluding carboxylic acids is 1. The molecule has 1 aliphatic rings. The number of methoxy groups -OCH3 is 2. The van der Waals surface area contributed by atoms with Crippen molar-refractivity contribution in [2.45, 2.75) is 0 Å². The Morgan fingerprint density at radius 3 is 2.55 bits per heavy atom. The maximum Gasteiger partial charge on any atom is 0.282 e. The van der Waals surface area contributed by atoms with Crippen LogP contribution in [-0.2, 0) is 4.79 Å². The summed E-state index contributed by atoms with van der Waals surface area (Å²) >= 11 is 0. The number of fused-ring (bicyclic) bond motifs is 1. The molecule has 9 nitrogen and oxygen atoms in total. The number of amides is 1. The lowest BCUT2D eigenvalue weighted by atomic mass is 10.1. The number of hydrogen-bond donors (Lipinski definition) is 0. The van der Waals surface area contributed by atoms with Crippen LogP contribution in [0.5, 0.6) is 11.5 Å². The van der Waals surface area contributed by atoms with Crippen LogP contribution in [0.25, 0.3) is 0 Å². The number of nitro benzene ring substituents is 1. The van der Waals surface area contributed by atoms with Crippen LogP contribution >= 0.6 is 0 Å². The lowest BCUT2D eigenvalue weighted by Crippen LogP contribution is -2.30. The van der Waals surface area contributed by atoms with Gasteiger partial charge in [0, 0.05) is 12.1 Å². The van der Waals surface area contributed by atoms with E-state index >= 15 is 0 Å². The van der Waals surface area contributed by atoms with Gasteiger partial charge in [-0.15, -0.1) is 11.7 Å². The molecule has 0 radical (unpaired) electrons. The quantitative estimate of drug-likeness (QED) is 0.311. The molecule has 0 atom stereocenters. The van der Waals surface area contributed by atoms with Gasteiger partial charge in [0.1, 0.15) is 0 Å². The number of ether oxygens (including phenoxy) is 2. The van der Waals surface area contributed by atoms with E-state index in [4.69, 9.17) is 9.47 Å². The molecule has 1 heterocycles. The Bertz CT molecular complexity index is 1050. The predicted octanol–water partition coefficient (Wildman–Crippen LogP) is 2.97. The fraction of sp³-hybridized carbons (Fsp3) is 0.150. The summed E-state index contributed by atoms with van der Waals surface area (Å²) in [5.41, 5.74) is 1.44. The monoisotopic (exact) mass is 394 g/mol. The molecule has 0 aromatic heterocycles. The Balaban J connectivity index is 2.01. The third-order valence-corrected chi connectivity index (χ3v) is 4.29. The second kappa shape index (κ2) is 8.34. The summed E-state index contributed by atoms with van der Waals surface area (Å²) in [5.74, 6) is 0.222. The minimum atomic E-state index is -0.557. The summed E-state index contributed by atoms with van der Waals surface area (Å²) < 4.78 is 10.3. The summed E-state index contributed by atoms with van der Waals surface area (Å²) in [6, 6.07) is 9.86. The molecule has 0 N–H and O–H groups in total. The van der Waals surface area contributed by atoms with Crippen LogP contribution in [0.4, 0.5) is 11.4 Å². The van der Waals surface area contributed by atoms with Gasteiger partial charge in [0.05, 0.1) is 42.7 Å². The van der Waals surface area contributed by atoms with Gasteiger partial charge < -0.3 is 14.4 Å². The second-order valence-electron chi connectivity index (χ2n) is 5.94. The maximum atomic E-state index is 12.7. The topological polar surface area (TPSA) is 107 Å². The van der Waals surface area contributed by atoms with Crippen molar-refractivity contribution in [1.82, 2.24) is 0 Å². The normalized spacial score (nSPS) is 14.3. The van der Waals surface area contributed by atoms with E-state index in [2.05, 4.69) is 16.8 Å². The summed E-state index contributed by atoms with van der Waals surface area (Å²) in [4.78, 5) is 25.0. The molecule has 2 aromatic rings. The van der Waals surface area contributed by atoms with Crippen molar-refractivity contribution in [1.29, 1.82) is 0 Å². The molecule has 29 heavy (non-hydrogen) atoms. The molecule has 2 aromatic carbocycles. The van der Waals surface area contributed by atoms with Gasteiger partial charge >= 0.3 is 0 Å². The van der Waals surface area contributed by atoms with Crippen LogP contribution in [0.3, 0.4) is 0 Å². The molecule has 1 amide bonds. The molecular formula is C20H18N4O5. The van der Waals surface area contributed by atoms with E-state index in [1.165, 1.54) is 37.5 Å². The first-order valence-electron chi connectivity index (χ1n) is 8.55. The average molecular weight is 394 g/mol. The fourth-order valence-electron chi connectivity index (χ4n) is 2.96. The fourth-order valence-corrected chi connectivity index (χ4v) is 2.96. The van der Waals surface area contributed by atoms with E-state index in [1.807, 2.05) is 12.1 Å². The predicted molar refractivity (Wildman–Crippen MR) is 109 cm³/mol. The third kappa shape index (κ3) is 3.70. The number of anilines is 1. The van der Waals surface area contributed by atoms with Crippen LogP contribution in [0.2, 0.25) is 0 Å². The number of carbonyl (C=O) groups is 1. The van der Waals surface area contributed by atoms with Crippen LogP contribution < -0.4 is 14.4 Å². The minimum absolute atomic E-state index is 0.154. The average Bonchev–Trinajstić information content (AvgIpc) is 2.99. The molecule has 3 rings (SSSR count). The highest BCUT2D eigenvalue weighted by atomic mass is 16.6. The Hall–Kier alpha value is -4.01. The van der Waals surface area contributed by atoms with Gasteiger partial charge in [-0.3, -0.25) is 14.9 Å². The van der Waals surface area contributed by atoms with Crippen LogP contribution in [0, 0.1) is 10.1 Å². The SMILES string of the molecule is C=CCN1C(=O)/C(=N\N=C/c2cc(OC)c(OC)cc2[N+](=O)[O-])c2ccccc21.